The Morgan fingerprint density at radius 3 is 2.86 bits per heavy atom. The molecule has 5 nitrogen and oxygen atoms in total. The molecule has 5 heteroatoms. The minimum Gasteiger partial charge on any atom is -0.493 e. The maximum absolute atomic E-state index is 12.0. The van der Waals surface area contributed by atoms with Crippen molar-refractivity contribution in [1.82, 2.24) is 10.6 Å². The lowest BCUT2D eigenvalue weighted by Gasteiger charge is -2.30. The van der Waals surface area contributed by atoms with Crippen LogP contribution >= 0.6 is 0 Å². The van der Waals surface area contributed by atoms with Gasteiger partial charge >= 0.3 is 0 Å². The van der Waals surface area contributed by atoms with Gasteiger partial charge in [0.15, 0.2) is 11.5 Å². The molecule has 116 valence electrons. The number of piperidine rings is 1. The van der Waals surface area contributed by atoms with Gasteiger partial charge in [0.25, 0.3) is 0 Å². The molecule has 1 aromatic carbocycles. The maximum Gasteiger partial charge on any atom is 0.223 e. The number of carbonyl (C=O) groups excluding carboxylic acids is 1. The fraction of sp³-hybridized carbons (Fsp3) is 0.562. The highest BCUT2D eigenvalue weighted by atomic mass is 16.5. The highest BCUT2D eigenvalue weighted by molar-refractivity contribution is 5.76. The summed E-state index contributed by atoms with van der Waals surface area (Å²) in [5, 5.41) is 6.38. The number of nitrogens with one attached hydrogen (secondary N) is 2. The molecule has 1 heterocycles. The van der Waals surface area contributed by atoms with Crippen LogP contribution in [0.5, 0.6) is 11.5 Å². The number of methoxy groups -OCH3 is 1. The number of amides is 1. The number of para-hydroxylation sites is 2. The predicted octanol–water partition coefficient (Wildman–Crippen LogP) is 1.58. The van der Waals surface area contributed by atoms with Crippen LogP contribution in [-0.2, 0) is 4.79 Å². The van der Waals surface area contributed by atoms with Crippen LogP contribution in [0.15, 0.2) is 24.3 Å². The van der Waals surface area contributed by atoms with E-state index in [2.05, 4.69) is 17.6 Å². The van der Waals surface area contributed by atoms with Crippen molar-refractivity contribution in [3.63, 3.8) is 0 Å². The second kappa shape index (κ2) is 7.88. The Kier molecular flexibility index (Phi) is 5.87. The van der Waals surface area contributed by atoms with Crippen LogP contribution in [0.1, 0.15) is 19.8 Å². The first-order chi connectivity index (χ1) is 10.2. The predicted molar refractivity (Wildman–Crippen MR) is 81.7 cm³/mol. The van der Waals surface area contributed by atoms with E-state index in [1.54, 1.807) is 7.11 Å². The molecule has 2 atom stereocenters. The Balaban J connectivity index is 1.74. The summed E-state index contributed by atoms with van der Waals surface area (Å²) in [6.07, 6.45) is 1.45. The first kappa shape index (κ1) is 15.6. The third-order valence-electron chi connectivity index (χ3n) is 3.83. The summed E-state index contributed by atoms with van der Waals surface area (Å²) in [6.45, 7) is 4.41. The molecule has 1 amide bonds. The molecule has 1 saturated heterocycles. The van der Waals surface area contributed by atoms with Crippen molar-refractivity contribution in [3.8, 4) is 11.5 Å². The molecule has 0 bridgehead atoms. The second-order valence-corrected chi connectivity index (χ2v) is 5.39. The molecule has 1 fully saturated rings. The third-order valence-corrected chi connectivity index (χ3v) is 3.83. The highest BCUT2D eigenvalue weighted by Gasteiger charge is 2.22. The normalized spacial score (nSPS) is 21.6. The largest absolute Gasteiger partial charge is 0.493 e. The SMILES string of the molecule is COc1ccccc1OCCC(=O)NC1CNCCC1C. The van der Waals surface area contributed by atoms with Crippen LogP contribution in [0, 0.1) is 5.92 Å². The number of benzene rings is 1. The van der Waals surface area contributed by atoms with Crippen molar-refractivity contribution in [1.29, 1.82) is 0 Å². The zero-order valence-corrected chi connectivity index (χ0v) is 12.7. The Labute approximate surface area is 126 Å². The highest BCUT2D eigenvalue weighted by Crippen LogP contribution is 2.25. The van der Waals surface area contributed by atoms with Crippen molar-refractivity contribution in [2.24, 2.45) is 5.92 Å². The summed E-state index contributed by atoms with van der Waals surface area (Å²) in [6, 6.07) is 7.66. The summed E-state index contributed by atoms with van der Waals surface area (Å²) < 4.78 is 10.8. The first-order valence-electron chi connectivity index (χ1n) is 7.46. The average molecular weight is 292 g/mol. The molecule has 1 aliphatic heterocycles. The van der Waals surface area contributed by atoms with Gasteiger partial charge in [0.05, 0.1) is 20.1 Å². The zero-order chi connectivity index (χ0) is 15.1. The van der Waals surface area contributed by atoms with Gasteiger partial charge in [-0.05, 0) is 31.0 Å². The van der Waals surface area contributed by atoms with Gasteiger partial charge in [-0.2, -0.15) is 0 Å². The molecule has 0 spiro atoms. The van der Waals surface area contributed by atoms with E-state index < -0.39 is 0 Å². The van der Waals surface area contributed by atoms with Crippen LogP contribution in [0.25, 0.3) is 0 Å². The zero-order valence-electron chi connectivity index (χ0n) is 12.7. The molecule has 0 aliphatic carbocycles. The fourth-order valence-corrected chi connectivity index (χ4v) is 2.45. The lowest BCUT2D eigenvalue weighted by atomic mass is 9.95. The lowest BCUT2D eigenvalue weighted by molar-refractivity contribution is -0.122. The summed E-state index contributed by atoms with van der Waals surface area (Å²) in [4.78, 5) is 12.0. The molecular weight excluding hydrogens is 268 g/mol. The first-order valence-corrected chi connectivity index (χ1v) is 7.46. The summed E-state index contributed by atoms with van der Waals surface area (Å²) in [5.41, 5.74) is 0. The van der Waals surface area contributed by atoms with Crippen LogP contribution in [0.3, 0.4) is 0 Å². The van der Waals surface area contributed by atoms with Crippen molar-refractivity contribution in [3.05, 3.63) is 24.3 Å². The molecule has 0 radical (unpaired) electrons. The van der Waals surface area contributed by atoms with Crippen molar-refractivity contribution < 1.29 is 14.3 Å². The molecule has 1 aromatic rings. The van der Waals surface area contributed by atoms with Gasteiger partial charge in [-0.1, -0.05) is 19.1 Å². The molecule has 0 saturated carbocycles. The van der Waals surface area contributed by atoms with Crippen LogP contribution in [-0.4, -0.2) is 38.8 Å². The van der Waals surface area contributed by atoms with Crippen molar-refractivity contribution in [2.45, 2.75) is 25.8 Å². The van der Waals surface area contributed by atoms with E-state index in [9.17, 15) is 4.79 Å². The topological polar surface area (TPSA) is 59.6 Å². The molecule has 21 heavy (non-hydrogen) atoms. The van der Waals surface area contributed by atoms with Crippen molar-refractivity contribution >= 4 is 5.91 Å². The second-order valence-electron chi connectivity index (χ2n) is 5.39. The molecule has 2 unspecified atom stereocenters. The molecular formula is C16H24N2O3. The van der Waals surface area contributed by atoms with E-state index >= 15 is 0 Å². The van der Waals surface area contributed by atoms with E-state index in [0.29, 0.717) is 30.4 Å². The Morgan fingerprint density at radius 1 is 1.38 bits per heavy atom. The van der Waals surface area contributed by atoms with Gasteiger partial charge in [-0.15, -0.1) is 0 Å². The maximum atomic E-state index is 12.0. The molecule has 1 aliphatic rings. The Bertz CT molecular complexity index is 465. The standard InChI is InChI=1S/C16H24N2O3/c1-12-7-9-17-11-13(12)18-16(19)8-10-21-15-6-4-3-5-14(15)20-2/h3-6,12-13,17H,7-11H2,1-2H3,(H,18,19). The Morgan fingerprint density at radius 2 is 2.14 bits per heavy atom. The van der Waals surface area contributed by atoms with E-state index in [1.165, 1.54) is 0 Å². The third kappa shape index (κ3) is 4.63. The van der Waals surface area contributed by atoms with Gasteiger partial charge in [-0.25, -0.2) is 0 Å². The lowest BCUT2D eigenvalue weighted by Crippen LogP contribution is -2.50. The van der Waals surface area contributed by atoms with Crippen LogP contribution in [0.4, 0.5) is 0 Å². The van der Waals surface area contributed by atoms with Gasteiger partial charge in [0.2, 0.25) is 5.91 Å². The molecule has 2 rings (SSSR count). The van der Waals surface area contributed by atoms with Crippen LogP contribution in [0.2, 0.25) is 0 Å². The fourth-order valence-electron chi connectivity index (χ4n) is 2.45. The minimum atomic E-state index is 0.0328. The minimum absolute atomic E-state index is 0.0328. The number of carbonyl (C=O) groups is 1. The molecule has 2 N–H and O–H groups in total. The Hall–Kier alpha value is -1.75. The van der Waals surface area contributed by atoms with Crippen LogP contribution < -0.4 is 20.1 Å². The summed E-state index contributed by atoms with van der Waals surface area (Å²) in [5.74, 6) is 1.90. The smallest absolute Gasteiger partial charge is 0.223 e. The van der Waals surface area contributed by atoms with Crippen molar-refractivity contribution in [2.75, 3.05) is 26.8 Å². The number of hydrogen-bond acceptors (Lipinski definition) is 4. The monoisotopic (exact) mass is 292 g/mol. The average Bonchev–Trinajstić information content (AvgIpc) is 2.50. The van der Waals surface area contributed by atoms with E-state index in [-0.39, 0.29) is 11.9 Å². The van der Waals surface area contributed by atoms with Gasteiger partial charge in [0.1, 0.15) is 0 Å². The quantitative estimate of drug-likeness (QED) is 0.836. The number of rotatable bonds is 6. The van der Waals surface area contributed by atoms with E-state index in [4.69, 9.17) is 9.47 Å². The van der Waals surface area contributed by atoms with Gasteiger partial charge in [-0.3, -0.25) is 4.79 Å². The van der Waals surface area contributed by atoms with Gasteiger partial charge < -0.3 is 20.1 Å². The van der Waals surface area contributed by atoms with Gasteiger partial charge in [0, 0.05) is 12.6 Å². The summed E-state index contributed by atoms with van der Waals surface area (Å²) in [7, 11) is 1.60. The molecule has 0 aromatic heterocycles. The van der Waals surface area contributed by atoms with E-state index in [0.717, 1.165) is 19.5 Å². The summed E-state index contributed by atoms with van der Waals surface area (Å²) >= 11 is 0. The number of ether oxygens (including phenoxy) is 2. The van der Waals surface area contributed by atoms with E-state index in [1.807, 2.05) is 24.3 Å². The number of hydrogen-bond donors (Lipinski definition) is 2.